The van der Waals surface area contributed by atoms with E-state index >= 15 is 0 Å². The highest BCUT2D eigenvalue weighted by molar-refractivity contribution is 5.95. The van der Waals surface area contributed by atoms with Crippen LogP contribution in [0.4, 0.5) is 18.9 Å². The number of primary amides is 1. The molecule has 0 spiro atoms. The summed E-state index contributed by atoms with van der Waals surface area (Å²) in [5.41, 5.74) is 4.91. The van der Waals surface area contributed by atoms with Gasteiger partial charge in [-0.05, 0) is 6.42 Å². The Kier molecular flexibility index (Phi) is 7.97. The van der Waals surface area contributed by atoms with Gasteiger partial charge in [-0.3, -0.25) is 19.6 Å². The minimum absolute atomic E-state index is 0.177. The number of aromatic nitrogens is 2. The summed E-state index contributed by atoms with van der Waals surface area (Å²) < 4.78 is 35.1. The molecule has 0 bridgehead atoms. The van der Waals surface area contributed by atoms with Crippen molar-refractivity contribution in [2.75, 3.05) is 13.7 Å². The summed E-state index contributed by atoms with van der Waals surface area (Å²) in [6.07, 6.45) is 0.358. The van der Waals surface area contributed by atoms with Crippen molar-refractivity contribution in [1.29, 1.82) is 0 Å². The van der Waals surface area contributed by atoms with Gasteiger partial charge in [-0.25, -0.2) is 0 Å². The predicted octanol–water partition coefficient (Wildman–Crippen LogP) is 1.28. The van der Waals surface area contributed by atoms with Crippen LogP contribution in [0.15, 0.2) is 0 Å². The van der Waals surface area contributed by atoms with Crippen LogP contribution in [-0.4, -0.2) is 41.0 Å². The maximum atomic E-state index is 11.3. The Hall–Kier alpha value is -2.17. The zero-order valence-electron chi connectivity index (χ0n) is 11.4. The average Bonchev–Trinajstić information content (AvgIpc) is 2.74. The number of nitrogens with two attached hydrogens (primary N) is 1. The fourth-order valence-corrected chi connectivity index (χ4v) is 1.52. The van der Waals surface area contributed by atoms with Gasteiger partial charge in [0.15, 0.2) is 0 Å². The van der Waals surface area contributed by atoms with Gasteiger partial charge in [0.1, 0.15) is 5.69 Å². The number of nitro groups is 1. The van der Waals surface area contributed by atoms with Gasteiger partial charge in [-0.2, -0.15) is 18.3 Å². The van der Waals surface area contributed by atoms with Crippen LogP contribution < -0.4 is 5.73 Å². The maximum Gasteiger partial charge on any atom is 0.379 e. The van der Waals surface area contributed by atoms with Gasteiger partial charge >= 0.3 is 12.4 Å². The number of aryl methyl sites for hydroxylation is 1. The van der Waals surface area contributed by atoms with Crippen LogP contribution in [0, 0.1) is 10.1 Å². The molecule has 0 saturated carbocycles. The number of amides is 1. The van der Waals surface area contributed by atoms with Crippen molar-refractivity contribution < 1.29 is 27.6 Å². The van der Waals surface area contributed by atoms with Crippen LogP contribution in [-0.2, 0) is 17.7 Å². The number of rotatable bonds is 6. The summed E-state index contributed by atoms with van der Waals surface area (Å²) >= 11 is 0. The zero-order chi connectivity index (χ0) is 16.6. The SMILES string of the molecule is CCc1nn(CCOC)c(C(N)=O)c1[N+](=O)[O-].FC(F)F. The number of nitrogens with zero attached hydrogens (tertiary/aromatic N) is 3. The van der Waals surface area contributed by atoms with Crippen molar-refractivity contribution in [2.45, 2.75) is 26.6 Å². The minimum atomic E-state index is -3.67. The zero-order valence-corrected chi connectivity index (χ0v) is 11.4. The second kappa shape index (κ2) is 8.89. The Balaban J connectivity index is 0.000000885. The first-order valence-electron chi connectivity index (χ1n) is 5.71. The first kappa shape index (κ1) is 18.8. The Morgan fingerprint density at radius 3 is 2.38 bits per heavy atom. The molecule has 1 aromatic rings. The largest absolute Gasteiger partial charge is 0.383 e. The van der Waals surface area contributed by atoms with Gasteiger partial charge in [0.05, 0.1) is 18.1 Å². The molecule has 8 nitrogen and oxygen atoms in total. The van der Waals surface area contributed by atoms with E-state index in [1.807, 2.05) is 0 Å². The van der Waals surface area contributed by atoms with Gasteiger partial charge < -0.3 is 10.5 Å². The highest BCUT2D eigenvalue weighted by Crippen LogP contribution is 2.23. The van der Waals surface area contributed by atoms with E-state index in [1.54, 1.807) is 6.92 Å². The third kappa shape index (κ3) is 5.77. The van der Waals surface area contributed by atoms with Crippen molar-refractivity contribution in [3.63, 3.8) is 0 Å². The molecule has 1 rings (SSSR count). The molecule has 0 aliphatic carbocycles. The fourth-order valence-electron chi connectivity index (χ4n) is 1.52. The molecule has 1 heterocycles. The molecule has 11 heteroatoms. The monoisotopic (exact) mass is 312 g/mol. The minimum Gasteiger partial charge on any atom is -0.383 e. The molecular formula is C10H15F3N4O4. The lowest BCUT2D eigenvalue weighted by atomic mass is 10.2. The molecular weight excluding hydrogens is 297 g/mol. The number of alkyl halides is 3. The number of carbonyl (C=O) groups excluding carboxylic acids is 1. The molecule has 21 heavy (non-hydrogen) atoms. The van der Waals surface area contributed by atoms with Crippen LogP contribution in [0.5, 0.6) is 0 Å². The van der Waals surface area contributed by atoms with Gasteiger partial charge in [0, 0.05) is 7.11 Å². The lowest BCUT2D eigenvalue weighted by molar-refractivity contribution is -0.385. The summed E-state index contributed by atoms with van der Waals surface area (Å²) in [5, 5.41) is 14.9. The Morgan fingerprint density at radius 1 is 1.52 bits per heavy atom. The second-order valence-electron chi connectivity index (χ2n) is 3.58. The third-order valence-electron chi connectivity index (χ3n) is 2.26. The molecule has 1 amide bonds. The average molecular weight is 312 g/mol. The first-order valence-corrected chi connectivity index (χ1v) is 5.71. The van der Waals surface area contributed by atoms with E-state index in [1.165, 1.54) is 11.8 Å². The number of hydrogen-bond donors (Lipinski definition) is 1. The van der Waals surface area contributed by atoms with Crippen molar-refractivity contribution in [3.05, 3.63) is 21.5 Å². The molecule has 0 aliphatic rings. The summed E-state index contributed by atoms with van der Waals surface area (Å²) in [7, 11) is 1.49. The summed E-state index contributed by atoms with van der Waals surface area (Å²) in [6.45, 7) is -1.40. The molecule has 120 valence electrons. The molecule has 1 aromatic heterocycles. The van der Waals surface area contributed by atoms with Gasteiger partial charge in [-0.1, -0.05) is 6.92 Å². The number of halogens is 3. The molecule has 0 fully saturated rings. The number of carbonyl (C=O) groups is 1. The number of ether oxygens (including phenoxy) is 1. The Bertz CT molecular complexity index is 490. The fraction of sp³-hybridized carbons (Fsp3) is 0.600. The topological polar surface area (TPSA) is 113 Å². The summed E-state index contributed by atoms with van der Waals surface area (Å²) in [5.74, 6) is -0.861. The van der Waals surface area contributed by atoms with Crippen LogP contribution in [0.1, 0.15) is 23.1 Å². The molecule has 0 unspecified atom stereocenters. The van der Waals surface area contributed by atoms with Crippen molar-refractivity contribution in [1.82, 2.24) is 9.78 Å². The van der Waals surface area contributed by atoms with E-state index in [9.17, 15) is 28.1 Å². The Labute approximate surface area is 117 Å². The molecule has 0 saturated heterocycles. The van der Waals surface area contributed by atoms with Crippen molar-refractivity contribution in [3.8, 4) is 0 Å². The highest BCUT2D eigenvalue weighted by atomic mass is 19.4. The maximum absolute atomic E-state index is 11.3. The molecule has 0 radical (unpaired) electrons. The highest BCUT2D eigenvalue weighted by Gasteiger charge is 2.29. The normalized spacial score (nSPS) is 10.2. The standard InChI is InChI=1S/C9H14N4O4.CHF3/c1-3-6-7(13(15)16)8(9(10)14)12(11-6)4-5-17-2;2-1(3)4/h3-5H2,1-2H3,(H2,10,14);1H. The first-order chi connectivity index (χ1) is 9.76. The van der Waals surface area contributed by atoms with Crippen LogP contribution in [0.25, 0.3) is 0 Å². The van der Waals surface area contributed by atoms with Crippen LogP contribution in [0.2, 0.25) is 0 Å². The molecule has 0 atom stereocenters. The van der Waals surface area contributed by atoms with Gasteiger partial charge in [-0.15, -0.1) is 0 Å². The van der Waals surface area contributed by atoms with Gasteiger partial charge in [0.25, 0.3) is 5.91 Å². The lowest BCUT2D eigenvalue weighted by Crippen LogP contribution is -2.20. The van der Waals surface area contributed by atoms with Crippen molar-refractivity contribution >= 4 is 11.6 Å². The quantitative estimate of drug-likeness (QED) is 0.628. The van der Waals surface area contributed by atoms with E-state index < -0.39 is 17.5 Å². The predicted molar refractivity (Wildman–Crippen MR) is 65.8 cm³/mol. The van der Waals surface area contributed by atoms with E-state index in [4.69, 9.17) is 10.5 Å². The van der Waals surface area contributed by atoms with E-state index in [0.717, 1.165) is 0 Å². The Morgan fingerprint density at radius 2 is 2.05 bits per heavy atom. The molecule has 0 aromatic carbocycles. The van der Waals surface area contributed by atoms with Crippen molar-refractivity contribution in [2.24, 2.45) is 5.73 Å². The molecule has 2 N–H and O–H groups in total. The molecule has 0 aliphatic heterocycles. The third-order valence-corrected chi connectivity index (χ3v) is 2.26. The van der Waals surface area contributed by atoms with E-state index in [0.29, 0.717) is 13.0 Å². The van der Waals surface area contributed by atoms with E-state index in [-0.39, 0.29) is 23.6 Å². The van der Waals surface area contributed by atoms with E-state index in [2.05, 4.69) is 5.10 Å². The van der Waals surface area contributed by atoms with Crippen LogP contribution >= 0.6 is 0 Å². The second-order valence-corrected chi connectivity index (χ2v) is 3.58. The van der Waals surface area contributed by atoms with Gasteiger partial charge in [0.2, 0.25) is 5.69 Å². The van der Waals surface area contributed by atoms with Crippen LogP contribution in [0.3, 0.4) is 0 Å². The number of hydrogen-bond acceptors (Lipinski definition) is 5. The smallest absolute Gasteiger partial charge is 0.379 e. The summed E-state index contributed by atoms with van der Waals surface area (Å²) in [6, 6.07) is 0. The lowest BCUT2D eigenvalue weighted by Gasteiger charge is -2.02. The number of methoxy groups -OCH3 is 1. The summed E-state index contributed by atoms with van der Waals surface area (Å²) in [4.78, 5) is 21.5.